The van der Waals surface area contributed by atoms with E-state index in [9.17, 15) is 4.79 Å². The van der Waals surface area contributed by atoms with Crippen LogP contribution < -0.4 is 0 Å². The molecule has 0 unspecified atom stereocenters. The third-order valence-corrected chi connectivity index (χ3v) is 3.65. The second kappa shape index (κ2) is 7.17. The van der Waals surface area contributed by atoms with Crippen LogP contribution in [0.15, 0.2) is 35.7 Å². The van der Waals surface area contributed by atoms with Crippen molar-refractivity contribution in [1.29, 1.82) is 0 Å². The number of likely N-dealkylation sites (N-methyl/N-ethyl adjacent to an activating group) is 1. The van der Waals surface area contributed by atoms with Crippen LogP contribution in [0.1, 0.15) is 12.6 Å². The van der Waals surface area contributed by atoms with Crippen molar-refractivity contribution in [1.82, 2.24) is 9.88 Å². The lowest BCUT2D eigenvalue weighted by Gasteiger charge is -2.13. The van der Waals surface area contributed by atoms with E-state index in [1.54, 1.807) is 11.3 Å². The van der Waals surface area contributed by atoms with Gasteiger partial charge in [-0.3, -0.25) is 9.69 Å². The fourth-order valence-corrected chi connectivity index (χ4v) is 2.67. The van der Waals surface area contributed by atoms with E-state index in [2.05, 4.69) is 4.98 Å². The normalized spacial score (nSPS) is 10.8. The van der Waals surface area contributed by atoms with Crippen molar-refractivity contribution in [2.75, 3.05) is 20.2 Å². The number of rotatable bonds is 6. The first-order valence-electron chi connectivity index (χ1n) is 6.53. The maximum Gasteiger partial charge on any atom is 0.320 e. The summed E-state index contributed by atoms with van der Waals surface area (Å²) in [4.78, 5) is 17.9. The average Bonchev–Trinajstić information content (AvgIpc) is 2.88. The van der Waals surface area contributed by atoms with Gasteiger partial charge in [0.25, 0.3) is 0 Å². The molecule has 0 radical (unpaired) electrons. The van der Waals surface area contributed by atoms with Crippen molar-refractivity contribution in [3.63, 3.8) is 0 Å². The number of hydrogen-bond acceptors (Lipinski definition) is 5. The molecule has 0 atom stereocenters. The van der Waals surface area contributed by atoms with E-state index in [0.717, 1.165) is 16.3 Å². The molecule has 5 heteroatoms. The van der Waals surface area contributed by atoms with E-state index in [-0.39, 0.29) is 12.5 Å². The fraction of sp³-hybridized carbons (Fsp3) is 0.333. The van der Waals surface area contributed by atoms with Crippen molar-refractivity contribution >= 4 is 17.3 Å². The van der Waals surface area contributed by atoms with Gasteiger partial charge in [-0.05, 0) is 14.0 Å². The standard InChI is InChI=1S/C15H18N2O2S/c1-3-19-14(18)10-17(2)9-13-11-20-15(16-13)12-7-5-4-6-8-12/h4-8,11H,3,9-10H2,1-2H3. The molecule has 0 spiro atoms. The third kappa shape index (κ3) is 4.15. The number of carbonyl (C=O) groups is 1. The molecule has 2 aromatic rings. The molecule has 0 N–H and O–H groups in total. The van der Waals surface area contributed by atoms with Crippen LogP contribution in [-0.4, -0.2) is 36.1 Å². The highest BCUT2D eigenvalue weighted by molar-refractivity contribution is 7.13. The van der Waals surface area contributed by atoms with E-state index >= 15 is 0 Å². The molecule has 1 aromatic heterocycles. The molecule has 0 amide bonds. The maximum absolute atomic E-state index is 11.4. The number of thiazole rings is 1. The Balaban J connectivity index is 1.94. The lowest BCUT2D eigenvalue weighted by molar-refractivity contribution is -0.144. The number of hydrogen-bond donors (Lipinski definition) is 0. The molecule has 0 aliphatic carbocycles. The summed E-state index contributed by atoms with van der Waals surface area (Å²) < 4.78 is 4.93. The van der Waals surface area contributed by atoms with Gasteiger partial charge in [0.15, 0.2) is 0 Å². The Morgan fingerprint density at radius 1 is 1.35 bits per heavy atom. The highest BCUT2D eigenvalue weighted by atomic mass is 32.1. The number of benzene rings is 1. The summed E-state index contributed by atoms with van der Waals surface area (Å²) in [5, 5.41) is 3.04. The number of esters is 1. The minimum atomic E-state index is -0.200. The highest BCUT2D eigenvalue weighted by Gasteiger charge is 2.10. The summed E-state index contributed by atoms with van der Waals surface area (Å²) in [6.07, 6.45) is 0. The molecular formula is C15H18N2O2S. The molecule has 0 saturated heterocycles. The van der Waals surface area contributed by atoms with Gasteiger partial charge in [0.1, 0.15) is 5.01 Å². The zero-order valence-corrected chi connectivity index (χ0v) is 12.5. The van der Waals surface area contributed by atoms with E-state index in [0.29, 0.717) is 13.2 Å². The summed E-state index contributed by atoms with van der Waals surface area (Å²) in [5.74, 6) is -0.200. The zero-order valence-electron chi connectivity index (χ0n) is 11.7. The average molecular weight is 290 g/mol. The Morgan fingerprint density at radius 2 is 2.10 bits per heavy atom. The van der Waals surface area contributed by atoms with Gasteiger partial charge >= 0.3 is 5.97 Å². The van der Waals surface area contributed by atoms with E-state index < -0.39 is 0 Å². The molecule has 4 nitrogen and oxygen atoms in total. The second-order valence-corrected chi connectivity index (χ2v) is 5.35. The van der Waals surface area contributed by atoms with Crippen molar-refractivity contribution in [3.05, 3.63) is 41.4 Å². The lowest BCUT2D eigenvalue weighted by atomic mass is 10.2. The summed E-state index contributed by atoms with van der Waals surface area (Å²) in [7, 11) is 1.89. The van der Waals surface area contributed by atoms with Gasteiger partial charge in [-0.15, -0.1) is 11.3 Å². The quantitative estimate of drug-likeness (QED) is 0.767. The molecule has 1 aromatic carbocycles. The Kier molecular flexibility index (Phi) is 5.26. The van der Waals surface area contributed by atoms with Gasteiger partial charge in [0.05, 0.1) is 18.8 Å². The van der Waals surface area contributed by atoms with Crippen molar-refractivity contribution < 1.29 is 9.53 Å². The van der Waals surface area contributed by atoms with Gasteiger partial charge in [-0.1, -0.05) is 30.3 Å². The molecular weight excluding hydrogens is 272 g/mol. The van der Waals surface area contributed by atoms with Gasteiger partial charge < -0.3 is 4.74 Å². The first kappa shape index (κ1) is 14.7. The molecule has 0 aliphatic heterocycles. The van der Waals surface area contributed by atoms with Crippen LogP contribution in [0.4, 0.5) is 0 Å². The monoisotopic (exact) mass is 290 g/mol. The number of ether oxygens (including phenoxy) is 1. The molecule has 2 rings (SSSR count). The summed E-state index contributed by atoms with van der Waals surface area (Å²) >= 11 is 1.62. The number of nitrogens with zero attached hydrogens (tertiary/aromatic N) is 2. The SMILES string of the molecule is CCOC(=O)CN(C)Cc1csc(-c2ccccc2)n1. The number of aromatic nitrogens is 1. The molecule has 0 bridgehead atoms. The molecule has 0 aliphatic rings. The first-order chi connectivity index (χ1) is 9.69. The van der Waals surface area contributed by atoms with E-state index in [1.807, 2.05) is 54.6 Å². The van der Waals surface area contributed by atoms with Gasteiger partial charge in [0.2, 0.25) is 0 Å². The molecule has 1 heterocycles. The van der Waals surface area contributed by atoms with Gasteiger partial charge in [0, 0.05) is 17.5 Å². The van der Waals surface area contributed by atoms with Crippen LogP contribution in [-0.2, 0) is 16.1 Å². The Hall–Kier alpha value is -1.72. The second-order valence-electron chi connectivity index (χ2n) is 4.49. The lowest BCUT2D eigenvalue weighted by Crippen LogP contribution is -2.27. The van der Waals surface area contributed by atoms with Crippen molar-refractivity contribution in [2.45, 2.75) is 13.5 Å². The summed E-state index contributed by atoms with van der Waals surface area (Å²) in [6, 6.07) is 10.1. The van der Waals surface area contributed by atoms with Crippen molar-refractivity contribution in [3.8, 4) is 10.6 Å². The van der Waals surface area contributed by atoms with Gasteiger partial charge in [-0.25, -0.2) is 4.98 Å². The molecule has 0 saturated carbocycles. The summed E-state index contributed by atoms with van der Waals surface area (Å²) in [5.41, 5.74) is 2.09. The van der Waals surface area contributed by atoms with Gasteiger partial charge in [-0.2, -0.15) is 0 Å². The molecule has 106 valence electrons. The number of carbonyl (C=O) groups excluding carboxylic acids is 1. The van der Waals surface area contributed by atoms with E-state index in [4.69, 9.17) is 4.74 Å². The topological polar surface area (TPSA) is 42.4 Å². The molecule has 0 fully saturated rings. The van der Waals surface area contributed by atoms with Crippen LogP contribution in [0.3, 0.4) is 0 Å². The predicted octanol–water partition coefficient (Wildman–Crippen LogP) is 2.81. The van der Waals surface area contributed by atoms with Crippen LogP contribution in [0.5, 0.6) is 0 Å². The Bertz CT molecular complexity index is 554. The first-order valence-corrected chi connectivity index (χ1v) is 7.41. The smallest absolute Gasteiger partial charge is 0.320 e. The Labute approximate surface area is 123 Å². The minimum Gasteiger partial charge on any atom is -0.465 e. The largest absolute Gasteiger partial charge is 0.465 e. The third-order valence-electron chi connectivity index (χ3n) is 2.71. The van der Waals surface area contributed by atoms with Crippen molar-refractivity contribution in [2.24, 2.45) is 0 Å². The molecule has 20 heavy (non-hydrogen) atoms. The van der Waals surface area contributed by atoms with E-state index in [1.165, 1.54) is 0 Å². The Morgan fingerprint density at radius 3 is 2.80 bits per heavy atom. The van der Waals surface area contributed by atoms with Crippen LogP contribution >= 0.6 is 11.3 Å². The fourth-order valence-electron chi connectivity index (χ4n) is 1.85. The van der Waals surface area contributed by atoms with Crippen LogP contribution in [0.2, 0.25) is 0 Å². The van der Waals surface area contributed by atoms with Crippen LogP contribution in [0.25, 0.3) is 10.6 Å². The highest BCUT2D eigenvalue weighted by Crippen LogP contribution is 2.23. The maximum atomic E-state index is 11.4. The summed E-state index contributed by atoms with van der Waals surface area (Å²) in [6.45, 7) is 3.15. The zero-order chi connectivity index (χ0) is 14.4. The predicted molar refractivity (Wildman–Crippen MR) is 80.5 cm³/mol. The van der Waals surface area contributed by atoms with Crippen LogP contribution in [0, 0.1) is 0 Å². The minimum absolute atomic E-state index is 0.200.